The van der Waals surface area contributed by atoms with E-state index < -0.39 is 35.0 Å². The van der Waals surface area contributed by atoms with E-state index in [4.69, 9.17) is 4.74 Å². The van der Waals surface area contributed by atoms with Gasteiger partial charge < -0.3 is 9.64 Å². The number of likely N-dealkylation sites (tertiary alicyclic amines) is 2. The van der Waals surface area contributed by atoms with Crippen LogP contribution in [0.4, 0.5) is 18.0 Å². The largest absolute Gasteiger partial charge is 0.444 e. The van der Waals surface area contributed by atoms with E-state index in [-0.39, 0.29) is 5.91 Å². The Balaban J connectivity index is 1.70. The number of rotatable bonds is 2. The summed E-state index contributed by atoms with van der Waals surface area (Å²) in [6, 6.07) is 9.57. The van der Waals surface area contributed by atoms with Gasteiger partial charge in [0.2, 0.25) is 5.91 Å². The summed E-state index contributed by atoms with van der Waals surface area (Å²) in [5.41, 5.74) is -0.857. The zero-order valence-corrected chi connectivity index (χ0v) is 19.6. The van der Waals surface area contributed by atoms with Crippen LogP contribution in [0.15, 0.2) is 42.5 Å². The Labute approximate surface area is 196 Å². The Morgan fingerprint density at radius 2 is 1.76 bits per heavy atom. The summed E-state index contributed by atoms with van der Waals surface area (Å²) in [4.78, 5) is 34.4. The van der Waals surface area contributed by atoms with Crippen molar-refractivity contribution in [1.82, 2.24) is 14.8 Å². The van der Waals surface area contributed by atoms with Crippen molar-refractivity contribution < 1.29 is 27.5 Å². The van der Waals surface area contributed by atoms with Gasteiger partial charge in [-0.05, 0) is 64.3 Å². The fourth-order valence-corrected chi connectivity index (χ4v) is 4.82. The molecule has 2 amide bonds. The minimum absolute atomic E-state index is 0.111. The molecule has 0 radical (unpaired) electrons. The van der Waals surface area contributed by atoms with Gasteiger partial charge in [0.05, 0.1) is 23.0 Å². The smallest absolute Gasteiger partial charge is 0.416 e. The number of benzene rings is 1. The quantitative estimate of drug-likeness (QED) is 0.580. The number of alkyl halides is 3. The minimum Gasteiger partial charge on any atom is -0.444 e. The Hall–Kier alpha value is -3.10. The van der Waals surface area contributed by atoms with Crippen LogP contribution in [-0.2, 0) is 15.7 Å². The van der Waals surface area contributed by atoms with E-state index in [0.29, 0.717) is 42.8 Å². The molecule has 0 unspecified atom stereocenters. The molecule has 0 bridgehead atoms. The first-order valence-electron chi connectivity index (χ1n) is 11.2. The van der Waals surface area contributed by atoms with Crippen LogP contribution in [-0.4, -0.2) is 51.5 Å². The third-order valence-electron chi connectivity index (χ3n) is 6.42. The van der Waals surface area contributed by atoms with Crippen LogP contribution in [0, 0.1) is 0 Å². The molecule has 2 aliphatic heterocycles. The average Bonchev–Trinajstić information content (AvgIpc) is 3.28. The normalized spacial score (nSPS) is 23.1. The van der Waals surface area contributed by atoms with Gasteiger partial charge in [0.25, 0.3) is 0 Å². The Morgan fingerprint density at radius 3 is 2.32 bits per heavy atom. The van der Waals surface area contributed by atoms with E-state index in [0.717, 1.165) is 12.1 Å². The van der Waals surface area contributed by atoms with Crippen LogP contribution >= 0.6 is 0 Å². The zero-order valence-electron chi connectivity index (χ0n) is 19.6. The predicted molar refractivity (Wildman–Crippen MR) is 120 cm³/mol. The van der Waals surface area contributed by atoms with Crippen molar-refractivity contribution in [3.8, 4) is 11.3 Å². The van der Waals surface area contributed by atoms with Crippen LogP contribution < -0.4 is 0 Å². The first-order valence-corrected chi connectivity index (χ1v) is 11.2. The second-order valence-corrected chi connectivity index (χ2v) is 9.94. The Kier molecular flexibility index (Phi) is 5.86. The lowest BCUT2D eigenvalue weighted by Gasteiger charge is -2.37. The molecule has 2 fully saturated rings. The number of likely N-dealkylation sites (N-methyl/N-ethyl adjacent to an activating group) is 1. The molecule has 2 atom stereocenters. The molecule has 1 spiro atoms. The lowest BCUT2D eigenvalue weighted by atomic mass is 9.94. The predicted octanol–water partition coefficient (Wildman–Crippen LogP) is 5.44. The van der Waals surface area contributed by atoms with Gasteiger partial charge in [-0.3, -0.25) is 14.7 Å². The average molecular weight is 476 g/mol. The van der Waals surface area contributed by atoms with E-state index in [1.54, 1.807) is 55.8 Å². The standard InChI is InChI=1S/C25H28F3N3O3/c1-23(2,3)34-22(33)31-20(12-13-24(31)14-15-30(4)21(24)32)19-7-5-6-18(29-19)16-8-10-17(11-9-16)25(26,27)28/h5-11,20H,12-15H2,1-4H3/t20-,24-/m1/s1. The van der Waals surface area contributed by atoms with Crippen molar-refractivity contribution in [3.05, 3.63) is 53.7 Å². The lowest BCUT2D eigenvalue weighted by Crippen LogP contribution is -2.54. The highest BCUT2D eigenvalue weighted by molar-refractivity contribution is 5.92. The molecule has 1 aromatic carbocycles. The second kappa shape index (κ2) is 8.29. The summed E-state index contributed by atoms with van der Waals surface area (Å²) in [7, 11) is 1.72. The van der Waals surface area contributed by atoms with Crippen LogP contribution in [0.3, 0.4) is 0 Å². The Morgan fingerprint density at radius 1 is 1.09 bits per heavy atom. The topological polar surface area (TPSA) is 62.7 Å². The first-order chi connectivity index (χ1) is 15.8. The molecule has 4 rings (SSSR count). The molecule has 182 valence electrons. The number of nitrogens with zero attached hydrogens (tertiary/aromatic N) is 3. The first kappa shape index (κ1) is 24.0. The van der Waals surface area contributed by atoms with Crippen molar-refractivity contribution in [3.63, 3.8) is 0 Å². The molecular formula is C25H28F3N3O3. The van der Waals surface area contributed by atoms with Crippen molar-refractivity contribution >= 4 is 12.0 Å². The maximum Gasteiger partial charge on any atom is 0.416 e. The van der Waals surface area contributed by atoms with E-state index in [1.165, 1.54) is 12.1 Å². The highest BCUT2D eigenvalue weighted by atomic mass is 19.4. The monoisotopic (exact) mass is 475 g/mol. The molecule has 1 aromatic heterocycles. The summed E-state index contributed by atoms with van der Waals surface area (Å²) < 4.78 is 44.5. The zero-order chi connectivity index (χ0) is 24.9. The van der Waals surface area contributed by atoms with Crippen LogP contribution in [0.25, 0.3) is 11.3 Å². The summed E-state index contributed by atoms with van der Waals surface area (Å²) in [5.74, 6) is -0.111. The number of ether oxygens (including phenoxy) is 1. The fourth-order valence-electron chi connectivity index (χ4n) is 4.82. The van der Waals surface area contributed by atoms with E-state index in [1.807, 2.05) is 0 Å². The molecule has 34 heavy (non-hydrogen) atoms. The van der Waals surface area contributed by atoms with E-state index in [9.17, 15) is 22.8 Å². The van der Waals surface area contributed by atoms with E-state index >= 15 is 0 Å². The van der Waals surface area contributed by atoms with Crippen molar-refractivity contribution in [2.45, 2.75) is 63.4 Å². The number of pyridine rings is 1. The number of amides is 2. The van der Waals surface area contributed by atoms with Gasteiger partial charge in [-0.1, -0.05) is 18.2 Å². The van der Waals surface area contributed by atoms with Crippen LogP contribution in [0.1, 0.15) is 57.3 Å². The number of halogens is 3. The molecule has 0 aliphatic carbocycles. The molecule has 2 aliphatic rings. The van der Waals surface area contributed by atoms with Crippen molar-refractivity contribution in [2.24, 2.45) is 0 Å². The lowest BCUT2D eigenvalue weighted by molar-refractivity contribution is -0.137. The van der Waals surface area contributed by atoms with Gasteiger partial charge in [-0.15, -0.1) is 0 Å². The van der Waals surface area contributed by atoms with Crippen LogP contribution in [0.5, 0.6) is 0 Å². The third kappa shape index (κ3) is 4.35. The third-order valence-corrected chi connectivity index (χ3v) is 6.42. The molecule has 0 N–H and O–H groups in total. The van der Waals surface area contributed by atoms with Gasteiger partial charge in [-0.2, -0.15) is 13.2 Å². The van der Waals surface area contributed by atoms with Gasteiger partial charge in [-0.25, -0.2) is 4.79 Å². The van der Waals surface area contributed by atoms with Crippen molar-refractivity contribution in [2.75, 3.05) is 13.6 Å². The highest BCUT2D eigenvalue weighted by Gasteiger charge is 2.59. The second-order valence-electron chi connectivity index (χ2n) is 9.94. The van der Waals surface area contributed by atoms with Crippen molar-refractivity contribution in [1.29, 1.82) is 0 Å². The van der Waals surface area contributed by atoms with E-state index in [2.05, 4.69) is 4.98 Å². The highest BCUT2D eigenvalue weighted by Crippen LogP contribution is 2.48. The van der Waals surface area contributed by atoms with Crippen LogP contribution in [0.2, 0.25) is 0 Å². The molecule has 2 saturated heterocycles. The van der Waals surface area contributed by atoms with Gasteiger partial charge in [0.1, 0.15) is 11.1 Å². The number of hydrogen-bond acceptors (Lipinski definition) is 4. The van der Waals surface area contributed by atoms with Gasteiger partial charge in [0.15, 0.2) is 0 Å². The Bertz CT molecular complexity index is 1100. The maximum atomic E-state index is 13.3. The molecule has 9 heteroatoms. The van der Waals surface area contributed by atoms with Gasteiger partial charge >= 0.3 is 12.3 Å². The number of carbonyl (C=O) groups is 2. The summed E-state index contributed by atoms with van der Waals surface area (Å²) >= 11 is 0. The summed E-state index contributed by atoms with van der Waals surface area (Å²) in [6.45, 7) is 5.86. The fraction of sp³-hybridized carbons (Fsp3) is 0.480. The molecule has 2 aromatic rings. The maximum absolute atomic E-state index is 13.3. The van der Waals surface area contributed by atoms with Gasteiger partial charge in [0, 0.05) is 19.2 Å². The molecule has 3 heterocycles. The number of hydrogen-bond donors (Lipinski definition) is 0. The molecular weight excluding hydrogens is 447 g/mol. The molecule has 6 nitrogen and oxygen atoms in total. The SMILES string of the molecule is CN1CC[C@]2(CC[C@H](c3cccc(-c4ccc(C(F)(F)F)cc4)n3)N2C(=O)OC(C)(C)C)C1=O. The summed E-state index contributed by atoms with van der Waals surface area (Å²) in [6.07, 6.45) is -3.45. The minimum atomic E-state index is -4.42. The number of aromatic nitrogens is 1. The number of carbonyl (C=O) groups excluding carboxylic acids is 2. The molecule has 0 saturated carbocycles. The summed E-state index contributed by atoms with van der Waals surface area (Å²) in [5, 5.41) is 0.